The third-order valence-corrected chi connectivity index (χ3v) is 6.33. The minimum Gasteiger partial charge on any atom is -0.493 e. The zero-order valence-electron chi connectivity index (χ0n) is 18.8. The van der Waals surface area contributed by atoms with E-state index in [1.807, 2.05) is 13.0 Å². The van der Waals surface area contributed by atoms with Crippen molar-refractivity contribution in [2.24, 2.45) is 5.92 Å². The van der Waals surface area contributed by atoms with Crippen molar-refractivity contribution in [3.05, 3.63) is 88.5 Å². The summed E-state index contributed by atoms with van der Waals surface area (Å²) in [6.07, 6.45) is 1.62. The maximum absolute atomic E-state index is 11.8. The van der Waals surface area contributed by atoms with Crippen molar-refractivity contribution in [1.82, 2.24) is 0 Å². The molecule has 0 aliphatic carbocycles. The zero-order chi connectivity index (χ0) is 22.0. The topological polar surface area (TPSA) is 35.5 Å². The van der Waals surface area contributed by atoms with Gasteiger partial charge in [0.05, 0.1) is 19.6 Å². The molecule has 0 saturated carbocycles. The minimum atomic E-state index is -0.171. The van der Waals surface area contributed by atoms with Crippen molar-refractivity contribution in [2.75, 3.05) is 13.7 Å². The molecule has 3 nitrogen and oxygen atoms in total. The summed E-state index contributed by atoms with van der Waals surface area (Å²) in [7, 11) is 1.44. The van der Waals surface area contributed by atoms with Crippen LogP contribution in [0.4, 0.5) is 0 Å². The number of aryl methyl sites for hydroxylation is 2. The van der Waals surface area contributed by atoms with E-state index in [9.17, 15) is 4.79 Å². The van der Waals surface area contributed by atoms with Crippen LogP contribution in [0.5, 0.6) is 5.75 Å². The molecule has 0 N–H and O–H groups in total. The van der Waals surface area contributed by atoms with Gasteiger partial charge < -0.3 is 9.47 Å². The number of esters is 1. The summed E-state index contributed by atoms with van der Waals surface area (Å²) in [4.78, 5) is 11.8. The van der Waals surface area contributed by atoms with Crippen LogP contribution >= 0.6 is 0 Å². The van der Waals surface area contributed by atoms with Gasteiger partial charge in [-0.05, 0) is 71.7 Å². The molecule has 0 bridgehead atoms. The Balaban J connectivity index is 1.52. The molecule has 160 valence electrons. The first-order valence-corrected chi connectivity index (χ1v) is 10.9. The molecule has 2 unspecified atom stereocenters. The normalized spacial score (nSPS) is 16.2. The van der Waals surface area contributed by atoms with E-state index in [-0.39, 0.29) is 11.9 Å². The Morgan fingerprint density at radius 3 is 2.45 bits per heavy atom. The molecule has 31 heavy (non-hydrogen) atoms. The van der Waals surface area contributed by atoms with Gasteiger partial charge in [-0.3, -0.25) is 4.79 Å². The number of carbonyl (C=O) groups excluding carboxylic acids is 1. The minimum absolute atomic E-state index is 0.152. The van der Waals surface area contributed by atoms with E-state index in [1.54, 1.807) is 0 Å². The maximum atomic E-state index is 11.8. The van der Waals surface area contributed by atoms with Crippen LogP contribution in [0.15, 0.2) is 60.7 Å². The van der Waals surface area contributed by atoms with Crippen LogP contribution in [-0.4, -0.2) is 19.7 Å². The van der Waals surface area contributed by atoms with Crippen molar-refractivity contribution in [3.63, 3.8) is 0 Å². The summed E-state index contributed by atoms with van der Waals surface area (Å²) in [5.41, 5.74) is 8.84. The van der Waals surface area contributed by atoms with E-state index >= 15 is 0 Å². The summed E-state index contributed by atoms with van der Waals surface area (Å²) in [5, 5.41) is 0. The third kappa shape index (κ3) is 4.51. The first-order valence-electron chi connectivity index (χ1n) is 10.9. The van der Waals surface area contributed by atoms with Gasteiger partial charge in [0.15, 0.2) is 0 Å². The van der Waals surface area contributed by atoms with Gasteiger partial charge in [-0.15, -0.1) is 0 Å². The number of ether oxygens (including phenoxy) is 2. The second-order valence-electron chi connectivity index (χ2n) is 8.67. The van der Waals surface area contributed by atoms with E-state index < -0.39 is 0 Å². The predicted octanol–water partition coefficient (Wildman–Crippen LogP) is 6.04. The average molecular weight is 415 g/mol. The van der Waals surface area contributed by atoms with E-state index in [2.05, 4.69) is 68.4 Å². The first kappa shape index (κ1) is 21.2. The molecule has 0 spiro atoms. The molecule has 1 aliphatic rings. The van der Waals surface area contributed by atoms with E-state index in [0.717, 1.165) is 17.7 Å². The fourth-order valence-electron chi connectivity index (χ4n) is 4.62. The van der Waals surface area contributed by atoms with Gasteiger partial charge >= 0.3 is 5.97 Å². The van der Waals surface area contributed by atoms with E-state index in [1.165, 1.54) is 40.5 Å². The Kier molecular flexibility index (Phi) is 6.13. The lowest BCUT2D eigenvalue weighted by Crippen LogP contribution is -2.20. The molecular weight excluding hydrogens is 384 g/mol. The molecule has 0 fully saturated rings. The monoisotopic (exact) mass is 414 g/mol. The van der Waals surface area contributed by atoms with Gasteiger partial charge in [0.2, 0.25) is 0 Å². The predicted molar refractivity (Wildman–Crippen MR) is 125 cm³/mol. The number of rotatable bonds is 5. The number of fused-ring (bicyclic) bond motifs is 1. The SMILES string of the molecule is COC(=O)C(C)Cc1ccc2c(c1)CC(c1ccc(-c3c(C)cccc3C)cc1)CO2. The lowest BCUT2D eigenvalue weighted by molar-refractivity contribution is -0.144. The fraction of sp³-hybridized carbons (Fsp3) is 0.321. The van der Waals surface area contributed by atoms with Crippen LogP contribution in [0.1, 0.15) is 40.7 Å². The largest absolute Gasteiger partial charge is 0.493 e. The molecule has 4 rings (SSSR count). The molecule has 0 saturated heterocycles. The van der Waals surface area contributed by atoms with E-state index in [4.69, 9.17) is 9.47 Å². The standard InChI is InChI=1S/C28H30O3/c1-18-6-5-7-19(2)27(18)23-11-9-22(10-12-23)25-16-24-15-21(8-13-26(24)31-17-25)14-20(3)28(29)30-4/h5-13,15,20,25H,14,16-17H2,1-4H3. The molecular formula is C28H30O3. The lowest BCUT2D eigenvalue weighted by atomic mass is 9.87. The molecule has 1 aliphatic heterocycles. The highest BCUT2D eigenvalue weighted by molar-refractivity contribution is 5.72. The van der Waals surface area contributed by atoms with Crippen LogP contribution in [0.3, 0.4) is 0 Å². The maximum Gasteiger partial charge on any atom is 0.308 e. The van der Waals surface area contributed by atoms with Crippen molar-refractivity contribution in [1.29, 1.82) is 0 Å². The number of hydrogen-bond acceptors (Lipinski definition) is 3. The number of hydrogen-bond donors (Lipinski definition) is 0. The Hall–Kier alpha value is -3.07. The van der Waals surface area contributed by atoms with Gasteiger partial charge in [-0.2, -0.15) is 0 Å². The first-order chi connectivity index (χ1) is 15.0. The molecule has 0 radical (unpaired) electrons. The molecule has 3 aromatic rings. The van der Waals surface area contributed by atoms with Crippen molar-refractivity contribution >= 4 is 5.97 Å². The van der Waals surface area contributed by atoms with Crippen LogP contribution in [0.25, 0.3) is 11.1 Å². The van der Waals surface area contributed by atoms with Crippen molar-refractivity contribution in [2.45, 2.75) is 39.5 Å². The summed E-state index contributed by atoms with van der Waals surface area (Å²) in [6.45, 7) is 6.93. The van der Waals surface area contributed by atoms with Gasteiger partial charge in [0, 0.05) is 5.92 Å². The second-order valence-corrected chi connectivity index (χ2v) is 8.67. The number of methoxy groups -OCH3 is 1. The Labute approximate surface area is 185 Å². The summed E-state index contributed by atoms with van der Waals surface area (Å²) >= 11 is 0. The van der Waals surface area contributed by atoms with Crippen LogP contribution in [0.2, 0.25) is 0 Å². The van der Waals surface area contributed by atoms with Gasteiger partial charge in [0.25, 0.3) is 0 Å². The van der Waals surface area contributed by atoms with Crippen LogP contribution < -0.4 is 4.74 Å². The Bertz CT molecular complexity index is 1060. The Morgan fingerprint density at radius 1 is 1.06 bits per heavy atom. The van der Waals surface area contributed by atoms with Crippen LogP contribution in [0, 0.1) is 19.8 Å². The highest BCUT2D eigenvalue weighted by Gasteiger charge is 2.23. The van der Waals surface area contributed by atoms with Gasteiger partial charge in [-0.1, -0.05) is 61.5 Å². The molecule has 0 amide bonds. The Morgan fingerprint density at radius 2 is 1.77 bits per heavy atom. The molecule has 0 aromatic heterocycles. The highest BCUT2D eigenvalue weighted by atomic mass is 16.5. The molecule has 1 heterocycles. The third-order valence-electron chi connectivity index (χ3n) is 6.33. The highest BCUT2D eigenvalue weighted by Crippen LogP contribution is 2.35. The quantitative estimate of drug-likeness (QED) is 0.478. The number of carbonyl (C=O) groups is 1. The number of benzene rings is 3. The smallest absolute Gasteiger partial charge is 0.308 e. The summed E-state index contributed by atoms with van der Waals surface area (Å²) in [5.74, 6) is 0.960. The summed E-state index contributed by atoms with van der Waals surface area (Å²) < 4.78 is 10.9. The molecule has 2 atom stereocenters. The van der Waals surface area contributed by atoms with Crippen molar-refractivity contribution in [3.8, 4) is 16.9 Å². The summed E-state index contributed by atoms with van der Waals surface area (Å²) in [6, 6.07) is 21.7. The average Bonchev–Trinajstić information content (AvgIpc) is 2.78. The fourth-order valence-corrected chi connectivity index (χ4v) is 4.62. The molecule has 3 heteroatoms. The van der Waals surface area contributed by atoms with Crippen LogP contribution in [-0.2, 0) is 22.4 Å². The molecule has 3 aromatic carbocycles. The van der Waals surface area contributed by atoms with E-state index in [0.29, 0.717) is 18.9 Å². The van der Waals surface area contributed by atoms with Crippen molar-refractivity contribution < 1.29 is 14.3 Å². The lowest BCUT2D eigenvalue weighted by Gasteiger charge is -2.26. The van der Waals surface area contributed by atoms with Gasteiger partial charge in [0.1, 0.15) is 5.75 Å². The van der Waals surface area contributed by atoms with Gasteiger partial charge in [-0.25, -0.2) is 0 Å². The second kappa shape index (κ2) is 8.97. The zero-order valence-corrected chi connectivity index (χ0v) is 18.8.